The minimum atomic E-state index is 0.347. The van der Waals surface area contributed by atoms with Gasteiger partial charge in [-0.1, -0.05) is 41.4 Å². The number of ether oxygens (including phenoxy) is 1. The second-order valence-electron chi connectivity index (χ2n) is 5.35. The molecule has 2 aromatic carbocycles. The van der Waals surface area contributed by atoms with E-state index >= 15 is 0 Å². The zero-order valence-corrected chi connectivity index (χ0v) is 14.8. The van der Waals surface area contributed by atoms with E-state index in [1.165, 1.54) is 0 Å². The highest BCUT2D eigenvalue weighted by Crippen LogP contribution is 2.35. The third kappa shape index (κ3) is 3.79. The fourth-order valence-electron chi connectivity index (χ4n) is 2.15. The zero-order valence-electron chi connectivity index (χ0n) is 12.4. The maximum absolute atomic E-state index is 6.30. The number of hydrogen-bond donors (Lipinski definition) is 1. The summed E-state index contributed by atoms with van der Waals surface area (Å²) >= 11 is 9.75. The molecule has 2 rings (SSSR count). The Morgan fingerprint density at radius 3 is 2.52 bits per heavy atom. The molecule has 0 saturated carbocycles. The number of hydrogen-bond acceptors (Lipinski definition) is 2. The quantitative estimate of drug-likeness (QED) is 0.741. The minimum absolute atomic E-state index is 0.347. The number of halogens is 2. The van der Waals surface area contributed by atoms with Gasteiger partial charge in [-0.05, 0) is 54.3 Å². The van der Waals surface area contributed by atoms with Crippen LogP contribution >= 0.6 is 27.5 Å². The van der Waals surface area contributed by atoms with Crippen molar-refractivity contribution < 1.29 is 4.74 Å². The van der Waals surface area contributed by atoms with Crippen LogP contribution in [0.15, 0.2) is 34.8 Å². The van der Waals surface area contributed by atoms with E-state index in [1.54, 1.807) is 0 Å². The third-order valence-corrected chi connectivity index (χ3v) is 4.20. The Bertz CT molecular complexity index is 655. The van der Waals surface area contributed by atoms with Gasteiger partial charge in [0.05, 0.1) is 0 Å². The van der Waals surface area contributed by atoms with Gasteiger partial charge in [-0.15, -0.1) is 0 Å². The summed E-state index contributed by atoms with van der Waals surface area (Å²) in [5.74, 6) is 1.94. The van der Waals surface area contributed by atoms with Gasteiger partial charge in [0.15, 0.2) is 0 Å². The average Bonchev–Trinajstić information content (AvgIpc) is 2.42. The van der Waals surface area contributed by atoms with Crippen LogP contribution in [0.2, 0.25) is 5.02 Å². The van der Waals surface area contributed by atoms with Gasteiger partial charge < -0.3 is 10.5 Å². The first kappa shape index (κ1) is 16.3. The Morgan fingerprint density at radius 2 is 1.90 bits per heavy atom. The summed E-state index contributed by atoms with van der Waals surface area (Å²) in [6.07, 6.45) is 0. The molecule has 2 N–H and O–H groups in total. The normalized spacial score (nSPS) is 11.0. The molecule has 21 heavy (non-hydrogen) atoms. The van der Waals surface area contributed by atoms with Crippen LogP contribution in [0.3, 0.4) is 0 Å². The number of benzene rings is 2. The molecule has 2 nitrogen and oxygen atoms in total. The van der Waals surface area contributed by atoms with Crippen LogP contribution in [0, 0.1) is 6.92 Å². The van der Waals surface area contributed by atoms with Crippen LogP contribution in [0.5, 0.6) is 11.5 Å². The Labute approximate surface area is 139 Å². The standard InChI is InChI=1S/C17H19BrClNO/c1-10(2)14-8-17(11(3)6-15(14)19)21-16-5-4-13(18)7-12(16)9-20/h4-8,10H,9,20H2,1-3H3. The van der Waals surface area contributed by atoms with Gasteiger partial charge in [0, 0.05) is 21.6 Å². The second-order valence-corrected chi connectivity index (χ2v) is 6.68. The molecule has 0 fully saturated rings. The van der Waals surface area contributed by atoms with Crippen LogP contribution in [0.1, 0.15) is 36.5 Å². The topological polar surface area (TPSA) is 35.2 Å². The molecule has 0 atom stereocenters. The van der Waals surface area contributed by atoms with Crippen molar-refractivity contribution in [2.75, 3.05) is 0 Å². The minimum Gasteiger partial charge on any atom is -0.457 e. The van der Waals surface area contributed by atoms with Crippen LogP contribution in [0.25, 0.3) is 0 Å². The van der Waals surface area contributed by atoms with E-state index < -0.39 is 0 Å². The third-order valence-electron chi connectivity index (χ3n) is 3.38. The van der Waals surface area contributed by atoms with Gasteiger partial charge in [-0.3, -0.25) is 0 Å². The molecule has 0 aliphatic carbocycles. The first-order valence-corrected chi connectivity index (χ1v) is 8.06. The van der Waals surface area contributed by atoms with Crippen molar-refractivity contribution in [3.8, 4) is 11.5 Å². The van der Waals surface area contributed by atoms with Crippen molar-refractivity contribution in [3.05, 3.63) is 56.5 Å². The van der Waals surface area contributed by atoms with Crippen LogP contribution < -0.4 is 10.5 Å². The van der Waals surface area contributed by atoms with E-state index in [1.807, 2.05) is 37.3 Å². The first-order chi connectivity index (χ1) is 9.92. The average molecular weight is 369 g/mol. The van der Waals surface area contributed by atoms with E-state index in [0.29, 0.717) is 12.5 Å². The summed E-state index contributed by atoms with van der Waals surface area (Å²) in [5.41, 5.74) is 8.85. The SMILES string of the molecule is Cc1cc(Cl)c(C(C)C)cc1Oc1ccc(Br)cc1CN. The van der Waals surface area contributed by atoms with Gasteiger partial charge in [0.1, 0.15) is 11.5 Å². The highest BCUT2D eigenvalue weighted by molar-refractivity contribution is 9.10. The lowest BCUT2D eigenvalue weighted by atomic mass is 10.0. The summed E-state index contributed by atoms with van der Waals surface area (Å²) in [6, 6.07) is 9.82. The lowest BCUT2D eigenvalue weighted by Gasteiger charge is -2.16. The fraction of sp³-hybridized carbons (Fsp3) is 0.294. The van der Waals surface area contributed by atoms with Gasteiger partial charge in [0.2, 0.25) is 0 Å². The summed E-state index contributed by atoms with van der Waals surface area (Å²) in [5, 5.41) is 0.782. The fourth-order valence-corrected chi connectivity index (χ4v) is 2.99. The van der Waals surface area contributed by atoms with Crippen LogP contribution in [-0.4, -0.2) is 0 Å². The molecule has 0 aliphatic rings. The van der Waals surface area contributed by atoms with Gasteiger partial charge in [0.25, 0.3) is 0 Å². The van der Waals surface area contributed by atoms with Crippen molar-refractivity contribution in [1.29, 1.82) is 0 Å². The molecule has 0 unspecified atom stereocenters. The second kappa shape index (κ2) is 6.82. The van der Waals surface area contributed by atoms with Crippen molar-refractivity contribution in [3.63, 3.8) is 0 Å². The van der Waals surface area contributed by atoms with Crippen LogP contribution in [0.4, 0.5) is 0 Å². The predicted molar refractivity (Wildman–Crippen MR) is 92.4 cm³/mol. The van der Waals surface area contributed by atoms with E-state index in [4.69, 9.17) is 22.1 Å². The lowest BCUT2D eigenvalue weighted by molar-refractivity contribution is 0.471. The summed E-state index contributed by atoms with van der Waals surface area (Å²) in [4.78, 5) is 0. The van der Waals surface area contributed by atoms with E-state index in [9.17, 15) is 0 Å². The van der Waals surface area contributed by atoms with Crippen molar-refractivity contribution in [2.24, 2.45) is 5.73 Å². The van der Waals surface area contributed by atoms with Crippen LogP contribution in [-0.2, 0) is 6.54 Å². The molecule has 0 aliphatic heterocycles. The molecule has 0 radical (unpaired) electrons. The molecule has 0 amide bonds. The number of rotatable bonds is 4. The van der Waals surface area contributed by atoms with Crippen molar-refractivity contribution >= 4 is 27.5 Å². The Kier molecular flexibility index (Phi) is 5.31. The number of aryl methyl sites for hydroxylation is 1. The maximum atomic E-state index is 6.30. The molecule has 4 heteroatoms. The van der Waals surface area contributed by atoms with Crippen molar-refractivity contribution in [2.45, 2.75) is 33.2 Å². The van der Waals surface area contributed by atoms with Gasteiger partial charge >= 0.3 is 0 Å². The highest BCUT2D eigenvalue weighted by Gasteiger charge is 2.12. The molecule has 0 saturated heterocycles. The predicted octanol–water partition coefficient (Wildman–Crippen LogP) is 5.79. The van der Waals surface area contributed by atoms with E-state index in [2.05, 4.69) is 29.8 Å². The highest BCUT2D eigenvalue weighted by atomic mass is 79.9. The summed E-state index contributed by atoms with van der Waals surface area (Å²) in [6.45, 7) is 6.65. The van der Waals surface area contributed by atoms with Gasteiger partial charge in [-0.2, -0.15) is 0 Å². The van der Waals surface area contributed by atoms with E-state index in [-0.39, 0.29) is 0 Å². The van der Waals surface area contributed by atoms with Gasteiger partial charge in [-0.25, -0.2) is 0 Å². The van der Waals surface area contributed by atoms with Crippen molar-refractivity contribution in [1.82, 2.24) is 0 Å². The van der Waals surface area contributed by atoms with E-state index in [0.717, 1.165) is 37.7 Å². The molecule has 112 valence electrons. The molecule has 2 aromatic rings. The lowest BCUT2D eigenvalue weighted by Crippen LogP contribution is -2.01. The molecule has 0 spiro atoms. The zero-order chi connectivity index (χ0) is 15.6. The first-order valence-electron chi connectivity index (χ1n) is 6.88. The smallest absolute Gasteiger partial charge is 0.132 e. The molecule has 0 heterocycles. The monoisotopic (exact) mass is 367 g/mol. The number of nitrogens with two attached hydrogens (primary N) is 1. The molecule has 0 aromatic heterocycles. The Hall–Kier alpha value is -1.03. The summed E-state index contributed by atoms with van der Waals surface area (Å²) < 4.78 is 7.06. The Balaban J connectivity index is 2.42. The maximum Gasteiger partial charge on any atom is 0.132 e. The molecular formula is C17H19BrClNO. The Morgan fingerprint density at radius 1 is 1.19 bits per heavy atom. The molecule has 0 bridgehead atoms. The largest absolute Gasteiger partial charge is 0.457 e. The summed E-state index contributed by atoms with van der Waals surface area (Å²) in [7, 11) is 0. The molecular weight excluding hydrogens is 350 g/mol.